The molecule has 3 heterocycles. The van der Waals surface area contributed by atoms with Gasteiger partial charge in [0.15, 0.2) is 0 Å². The van der Waals surface area contributed by atoms with E-state index in [4.69, 9.17) is 10.2 Å². The molecule has 5 rings (SSSR count). The number of aryl methyl sites for hydroxylation is 2. The van der Waals surface area contributed by atoms with Gasteiger partial charge in [-0.05, 0) is 61.7 Å². The zero-order valence-corrected chi connectivity index (χ0v) is 19.9. The lowest BCUT2D eigenvalue weighted by Crippen LogP contribution is -2.10. The van der Waals surface area contributed by atoms with Crippen LogP contribution in [0.2, 0.25) is 0 Å². The molecule has 1 unspecified atom stereocenters. The molecule has 0 amide bonds. The molecule has 0 fully saturated rings. The molecular formula is C26H23N7O3. The van der Waals surface area contributed by atoms with Gasteiger partial charge in [-0.25, -0.2) is 19.9 Å². The Morgan fingerprint density at radius 1 is 1.00 bits per heavy atom. The number of hydrogen-bond acceptors (Lipinski definition) is 9. The lowest BCUT2D eigenvalue weighted by Gasteiger charge is -2.17. The SMILES string of the molecule is Cc1nc(NC(C)c2cc(-c3cnc(N)nc3)cc([N+](=O)[O-])c2)cc(-c2ccc3occ(C)c3c2)n1. The maximum absolute atomic E-state index is 11.6. The van der Waals surface area contributed by atoms with Gasteiger partial charge in [-0.3, -0.25) is 10.1 Å². The summed E-state index contributed by atoms with van der Waals surface area (Å²) in [6, 6.07) is 12.4. The highest BCUT2D eigenvalue weighted by atomic mass is 16.6. The van der Waals surface area contributed by atoms with Gasteiger partial charge in [0, 0.05) is 47.1 Å². The minimum absolute atomic E-state index is 0.0312. The molecule has 0 saturated heterocycles. The van der Waals surface area contributed by atoms with Gasteiger partial charge in [0.05, 0.1) is 22.9 Å². The molecular weight excluding hydrogens is 458 g/mol. The Balaban J connectivity index is 1.48. The van der Waals surface area contributed by atoms with Crippen LogP contribution in [0.4, 0.5) is 17.5 Å². The number of furan rings is 1. The molecule has 36 heavy (non-hydrogen) atoms. The second kappa shape index (κ2) is 9.06. The van der Waals surface area contributed by atoms with Crippen molar-refractivity contribution in [3.05, 3.63) is 88.2 Å². The average molecular weight is 482 g/mol. The smallest absolute Gasteiger partial charge is 0.270 e. The summed E-state index contributed by atoms with van der Waals surface area (Å²) >= 11 is 0. The molecule has 3 N–H and O–H groups in total. The lowest BCUT2D eigenvalue weighted by molar-refractivity contribution is -0.384. The van der Waals surface area contributed by atoms with Crippen LogP contribution in [0.15, 0.2) is 65.5 Å². The van der Waals surface area contributed by atoms with Crippen molar-refractivity contribution >= 4 is 28.4 Å². The van der Waals surface area contributed by atoms with Crippen LogP contribution in [0.3, 0.4) is 0 Å². The first-order valence-electron chi connectivity index (χ1n) is 11.2. The number of nitro benzene ring substituents is 1. The number of nitrogens with two attached hydrogens (primary N) is 1. The fraction of sp³-hybridized carbons (Fsp3) is 0.154. The van der Waals surface area contributed by atoms with Crippen molar-refractivity contribution in [1.82, 2.24) is 19.9 Å². The number of fused-ring (bicyclic) bond motifs is 1. The highest BCUT2D eigenvalue weighted by Gasteiger charge is 2.17. The van der Waals surface area contributed by atoms with Crippen molar-refractivity contribution in [2.45, 2.75) is 26.8 Å². The Kier molecular flexibility index (Phi) is 5.77. The van der Waals surface area contributed by atoms with Crippen molar-refractivity contribution < 1.29 is 9.34 Å². The summed E-state index contributed by atoms with van der Waals surface area (Å²) in [4.78, 5) is 28.3. The summed E-state index contributed by atoms with van der Waals surface area (Å²) in [5.74, 6) is 1.35. The predicted molar refractivity (Wildman–Crippen MR) is 137 cm³/mol. The monoisotopic (exact) mass is 481 g/mol. The molecule has 0 saturated carbocycles. The molecule has 0 spiro atoms. The van der Waals surface area contributed by atoms with Gasteiger partial charge in [0.1, 0.15) is 17.2 Å². The number of aromatic nitrogens is 4. The van der Waals surface area contributed by atoms with Crippen LogP contribution in [0.5, 0.6) is 0 Å². The standard InChI is InChI=1S/C26H23N7O3/c1-14-13-36-24-5-4-17(9-22(14)24)23-10-25(32-16(3)31-23)30-15(2)18-6-19(8-21(7-18)33(34)35)20-11-28-26(27)29-12-20/h4-13,15H,1-3H3,(H2,27,28,29)(H,30,31,32). The van der Waals surface area contributed by atoms with Gasteiger partial charge >= 0.3 is 0 Å². The second-order valence-electron chi connectivity index (χ2n) is 8.58. The van der Waals surface area contributed by atoms with Gasteiger partial charge in [0.25, 0.3) is 5.69 Å². The largest absolute Gasteiger partial charge is 0.464 e. The van der Waals surface area contributed by atoms with Crippen LogP contribution in [0, 0.1) is 24.0 Å². The fourth-order valence-corrected chi connectivity index (χ4v) is 4.05. The van der Waals surface area contributed by atoms with Crippen LogP contribution in [0.25, 0.3) is 33.4 Å². The van der Waals surface area contributed by atoms with Crippen molar-refractivity contribution in [2.75, 3.05) is 11.1 Å². The quantitative estimate of drug-likeness (QED) is 0.233. The van der Waals surface area contributed by atoms with Crippen LogP contribution in [-0.4, -0.2) is 24.9 Å². The van der Waals surface area contributed by atoms with Crippen LogP contribution in [-0.2, 0) is 0 Å². The molecule has 5 aromatic rings. The Hall–Kier alpha value is -4.86. The third-order valence-electron chi connectivity index (χ3n) is 5.92. The molecule has 10 nitrogen and oxygen atoms in total. The first-order chi connectivity index (χ1) is 17.3. The maximum atomic E-state index is 11.6. The second-order valence-corrected chi connectivity index (χ2v) is 8.58. The number of nitrogen functional groups attached to an aromatic ring is 1. The summed E-state index contributed by atoms with van der Waals surface area (Å²) in [5, 5.41) is 16.0. The number of nitro groups is 1. The van der Waals surface area contributed by atoms with Gasteiger partial charge in [-0.2, -0.15) is 0 Å². The Labute approximate surface area is 206 Å². The van der Waals surface area contributed by atoms with Crippen molar-refractivity contribution in [2.24, 2.45) is 0 Å². The van der Waals surface area contributed by atoms with E-state index in [-0.39, 0.29) is 17.7 Å². The Morgan fingerprint density at radius 3 is 2.53 bits per heavy atom. The third-order valence-corrected chi connectivity index (χ3v) is 5.92. The van der Waals surface area contributed by atoms with Gasteiger partial charge < -0.3 is 15.5 Å². The normalized spacial score (nSPS) is 12.0. The Morgan fingerprint density at radius 2 is 1.78 bits per heavy atom. The maximum Gasteiger partial charge on any atom is 0.270 e. The van der Waals surface area contributed by atoms with E-state index in [1.807, 2.05) is 51.1 Å². The first-order valence-corrected chi connectivity index (χ1v) is 11.2. The zero-order valence-electron chi connectivity index (χ0n) is 19.9. The zero-order chi connectivity index (χ0) is 25.4. The summed E-state index contributed by atoms with van der Waals surface area (Å²) in [5.41, 5.74) is 11.1. The molecule has 2 aromatic carbocycles. The minimum atomic E-state index is -0.418. The van der Waals surface area contributed by atoms with Gasteiger partial charge in [0.2, 0.25) is 5.95 Å². The molecule has 0 aliphatic rings. The van der Waals surface area contributed by atoms with E-state index in [0.717, 1.165) is 27.8 Å². The molecule has 10 heteroatoms. The number of benzene rings is 2. The van der Waals surface area contributed by atoms with E-state index in [9.17, 15) is 10.1 Å². The lowest BCUT2D eigenvalue weighted by atomic mass is 10.0. The predicted octanol–water partition coefficient (Wildman–Crippen LogP) is 5.63. The number of hydrogen-bond donors (Lipinski definition) is 2. The summed E-state index contributed by atoms with van der Waals surface area (Å²) in [6.45, 7) is 5.74. The third kappa shape index (κ3) is 4.56. The van der Waals surface area contributed by atoms with E-state index in [1.54, 1.807) is 24.7 Å². The van der Waals surface area contributed by atoms with Crippen LogP contribution < -0.4 is 11.1 Å². The van der Waals surface area contributed by atoms with E-state index in [2.05, 4.69) is 25.3 Å². The molecule has 180 valence electrons. The molecule has 0 aliphatic carbocycles. The highest BCUT2D eigenvalue weighted by Crippen LogP contribution is 2.31. The van der Waals surface area contributed by atoms with Crippen LogP contribution >= 0.6 is 0 Å². The number of nitrogens with one attached hydrogen (secondary N) is 1. The summed E-state index contributed by atoms with van der Waals surface area (Å²) < 4.78 is 5.56. The van der Waals surface area contributed by atoms with Gasteiger partial charge in [-0.15, -0.1) is 0 Å². The molecule has 1 atom stereocenters. The van der Waals surface area contributed by atoms with E-state index in [0.29, 0.717) is 28.3 Å². The number of non-ortho nitro benzene ring substituents is 1. The average Bonchev–Trinajstić information content (AvgIpc) is 3.23. The molecule has 0 bridgehead atoms. The van der Waals surface area contributed by atoms with Crippen molar-refractivity contribution in [3.8, 4) is 22.4 Å². The number of rotatable bonds is 6. The van der Waals surface area contributed by atoms with E-state index in [1.165, 1.54) is 6.07 Å². The fourth-order valence-electron chi connectivity index (χ4n) is 4.05. The minimum Gasteiger partial charge on any atom is -0.464 e. The first kappa shape index (κ1) is 22.9. The van der Waals surface area contributed by atoms with Crippen molar-refractivity contribution in [1.29, 1.82) is 0 Å². The number of nitrogens with zero attached hydrogens (tertiary/aromatic N) is 5. The molecule has 0 aliphatic heterocycles. The molecule has 0 radical (unpaired) electrons. The van der Waals surface area contributed by atoms with Crippen LogP contribution in [0.1, 0.15) is 29.9 Å². The number of anilines is 2. The summed E-state index contributed by atoms with van der Waals surface area (Å²) in [6.07, 6.45) is 4.82. The van der Waals surface area contributed by atoms with E-state index < -0.39 is 4.92 Å². The molecule has 3 aromatic heterocycles. The van der Waals surface area contributed by atoms with Crippen molar-refractivity contribution in [3.63, 3.8) is 0 Å². The highest BCUT2D eigenvalue weighted by molar-refractivity contribution is 5.85. The van der Waals surface area contributed by atoms with E-state index >= 15 is 0 Å². The Bertz CT molecular complexity index is 1600. The summed E-state index contributed by atoms with van der Waals surface area (Å²) in [7, 11) is 0. The topological polar surface area (TPSA) is 146 Å². The van der Waals surface area contributed by atoms with Gasteiger partial charge in [-0.1, -0.05) is 0 Å².